The van der Waals surface area contributed by atoms with Crippen LogP contribution in [0.3, 0.4) is 0 Å². The van der Waals surface area contributed by atoms with E-state index in [1.54, 1.807) is 19.1 Å². The van der Waals surface area contributed by atoms with Crippen LogP contribution in [0.25, 0.3) is 0 Å². The van der Waals surface area contributed by atoms with E-state index >= 15 is 0 Å². The van der Waals surface area contributed by atoms with Gasteiger partial charge in [-0.15, -0.1) is 0 Å². The molecule has 2 aromatic rings. The molecule has 0 amide bonds. The second-order valence-electron chi connectivity index (χ2n) is 8.04. The Morgan fingerprint density at radius 2 is 1.28 bits per heavy atom. The third kappa shape index (κ3) is 6.51. The van der Waals surface area contributed by atoms with Gasteiger partial charge >= 0.3 is 12.4 Å². The van der Waals surface area contributed by atoms with E-state index in [-0.39, 0.29) is 11.8 Å². The minimum atomic E-state index is -4.40. The highest BCUT2D eigenvalue weighted by atomic mass is 19.4. The second kappa shape index (κ2) is 8.80. The number of halogens is 6. The summed E-state index contributed by atoms with van der Waals surface area (Å²) in [5.74, 6) is -0.144. The van der Waals surface area contributed by atoms with Crippen LogP contribution in [0.15, 0.2) is 36.4 Å². The Morgan fingerprint density at radius 1 is 0.724 bits per heavy atom. The van der Waals surface area contributed by atoms with E-state index in [0.717, 1.165) is 6.07 Å². The molecule has 0 saturated carbocycles. The summed E-state index contributed by atoms with van der Waals surface area (Å²) >= 11 is 0. The van der Waals surface area contributed by atoms with Gasteiger partial charge in [-0.1, -0.05) is 38.5 Å². The fraction of sp³-hybridized carbons (Fsp3) is 0.478. The van der Waals surface area contributed by atoms with Crippen LogP contribution in [0.1, 0.15) is 78.8 Å². The Kier molecular flexibility index (Phi) is 7.07. The molecule has 0 radical (unpaired) electrons. The molecule has 29 heavy (non-hydrogen) atoms. The molecule has 0 nitrogen and oxygen atoms in total. The average Bonchev–Trinajstić information content (AvgIpc) is 2.59. The Labute approximate surface area is 167 Å². The Balaban J connectivity index is 2.12. The maximum Gasteiger partial charge on any atom is 0.416 e. The molecular formula is C23H26F6. The van der Waals surface area contributed by atoms with Crippen LogP contribution in [0.4, 0.5) is 26.3 Å². The molecule has 0 fully saturated rings. The molecule has 0 N–H and O–H groups in total. The van der Waals surface area contributed by atoms with E-state index in [2.05, 4.69) is 0 Å². The maximum absolute atomic E-state index is 13.2. The minimum Gasteiger partial charge on any atom is -0.166 e. The van der Waals surface area contributed by atoms with Gasteiger partial charge in [0.05, 0.1) is 11.1 Å². The lowest BCUT2D eigenvalue weighted by atomic mass is 9.90. The lowest BCUT2D eigenvalue weighted by molar-refractivity contribution is -0.138. The molecule has 0 aliphatic rings. The molecule has 160 valence electrons. The third-order valence-electron chi connectivity index (χ3n) is 5.11. The predicted octanol–water partition coefficient (Wildman–Crippen LogP) is 8.28. The van der Waals surface area contributed by atoms with Gasteiger partial charge in [-0.25, -0.2) is 0 Å². The van der Waals surface area contributed by atoms with Crippen molar-refractivity contribution < 1.29 is 26.3 Å². The van der Waals surface area contributed by atoms with Crippen molar-refractivity contribution in [3.8, 4) is 0 Å². The van der Waals surface area contributed by atoms with Crippen LogP contribution in [-0.2, 0) is 18.8 Å². The summed E-state index contributed by atoms with van der Waals surface area (Å²) in [7, 11) is 0. The number of hydrogen-bond acceptors (Lipinski definition) is 0. The number of hydrogen-bond donors (Lipinski definition) is 0. The van der Waals surface area contributed by atoms with Crippen LogP contribution < -0.4 is 0 Å². The summed E-state index contributed by atoms with van der Waals surface area (Å²) < 4.78 is 78.6. The Hall–Kier alpha value is -1.98. The molecule has 1 atom stereocenters. The van der Waals surface area contributed by atoms with Crippen molar-refractivity contribution in [1.29, 1.82) is 0 Å². The van der Waals surface area contributed by atoms with Crippen LogP contribution in [0.2, 0.25) is 0 Å². The summed E-state index contributed by atoms with van der Waals surface area (Å²) in [5.41, 5.74) is 1.07. The van der Waals surface area contributed by atoms with E-state index < -0.39 is 23.5 Å². The second-order valence-corrected chi connectivity index (χ2v) is 8.04. The Morgan fingerprint density at radius 3 is 1.83 bits per heavy atom. The third-order valence-corrected chi connectivity index (χ3v) is 5.11. The highest BCUT2D eigenvalue weighted by molar-refractivity contribution is 5.34. The predicted molar refractivity (Wildman–Crippen MR) is 103 cm³/mol. The first-order valence-corrected chi connectivity index (χ1v) is 9.67. The largest absolute Gasteiger partial charge is 0.416 e. The lowest BCUT2D eigenvalue weighted by Gasteiger charge is -2.17. The van der Waals surface area contributed by atoms with Crippen molar-refractivity contribution in [3.05, 3.63) is 69.8 Å². The average molecular weight is 416 g/mol. The molecular weight excluding hydrogens is 390 g/mol. The first kappa shape index (κ1) is 23.3. The summed E-state index contributed by atoms with van der Waals surface area (Å²) in [4.78, 5) is 0. The van der Waals surface area contributed by atoms with Crippen LogP contribution in [0, 0.1) is 6.92 Å². The van der Waals surface area contributed by atoms with E-state index in [4.69, 9.17) is 0 Å². The van der Waals surface area contributed by atoms with Crippen molar-refractivity contribution >= 4 is 0 Å². The van der Waals surface area contributed by atoms with Crippen LogP contribution in [0.5, 0.6) is 0 Å². The molecule has 0 aromatic heterocycles. The van der Waals surface area contributed by atoms with E-state index in [1.165, 1.54) is 18.2 Å². The van der Waals surface area contributed by atoms with Crippen LogP contribution in [-0.4, -0.2) is 0 Å². The van der Waals surface area contributed by atoms with Gasteiger partial charge in [-0.3, -0.25) is 0 Å². The molecule has 0 spiro atoms. The number of benzene rings is 2. The fourth-order valence-corrected chi connectivity index (χ4v) is 3.40. The highest BCUT2D eigenvalue weighted by Crippen LogP contribution is 2.35. The zero-order valence-corrected chi connectivity index (χ0v) is 17.0. The summed E-state index contributed by atoms with van der Waals surface area (Å²) in [6.07, 6.45) is -7.16. The van der Waals surface area contributed by atoms with Gasteiger partial charge in [0.1, 0.15) is 0 Å². The summed E-state index contributed by atoms with van der Waals surface area (Å²) in [5, 5.41) is 0. The molecule has 0 aliphatic carbocycles. The summed E-state index contributed by atoms with van der Waals surface area (Å²) in [6, 6.07) is 8.17. The first-order valence-electron chi connectivity index (χ1n) is 9.67. The number of aryl methyl sites for hydroxylation is 2. The topological polar surface area (TPSA) is 0 Å². The fourth-order valence-electron chi connectivity index (χ4n) is 3.40. The molecule has 2 aromatic carbocycles. The lowest BCUT2D eigenvalue weighted by Crippen LogP contribution is -2.08. The zero-order valence-electron chi connectivity index (χ0n) is 17.0. The maximum atomic E-state index is 13.2. The standard InChI is InChI=1S/C23H26F6/c1-14(2)18-10-17(11-21(12-18)23(27,28)29)7-5-6-16(4)19-8-15(3)9-20(13-19)22(24,25)26/h8-14,16H,5-7H2,1-4H3. The molecule has 0 heterocycles. The van der Waals surface area contributed by atoms with Gasteiger partial charge < -0.3 is 0 Å². The van der Waals surface area contributed by atoms with Gasteiger partial charge in [0.2, 0.25) is 0 Å². The van der Waals surface area contributed by atoms with E-state index in [1.807, 2.05) is 20.8 Å². The monoisotopic (exact) mass is 416 g/mol. The van der Waals surface area contributed by atoms with Gasteiger partial charge in [0.15, 0.2) is 0 Å². The highest BCUT2D eigenvalue weighted by Gasteiger charge is 2.32. The van der Waals surface area contributed by atoms with Crippen molar-refractivity contribution in [3.63, 3.8) is 0 Å². The van der Waals surface area contributed by atoms with Crippen molar-refractivity contribution in [2.45, 2.75) is 71.1 Å². The van der Waals surface area contributed by atoms with Crippen molar-refractivity contribution in [2.24, 2.45) is 0 Å². The number of rotatable bonds is 6. The molecule has 2 rings (SSSR count). The normalized spacial score (nSPS) is 13.8. The molecule has 0 bridgehead atoms. The van der Waals surface area contributed by atoms with Crippen LogP contribution >= 0.6 is 0 Å². The SMILES string of the molecule is Cc1cc(C(C)CCCc2cc(C(C)C)cc(C(F)(F)F)c2)cc(C(F)(F)F)c1. The molecule has 1 unspecified atom stereocenters. The van der Waals surface area contributed by atoms with Crippen molar-refractivity contribution in [1.82, 2.24) is 0 Å². The van der Waals surface area contributed by atoms with Gasteiger partial charge in [-0.2, -0.15) is 26.3 Å². The van der Waals surface area contributed by atoms with Crippen molar-refractivity contribution in [2.75, 3.05) is 0 Å². The quantitative estimate of drug-likeness (QED) is 0.416. The summed E-state index contributed by atoms with van der Waals surface area (Å²) in [6.45, 7) is 7.16. The molecule has 0 aliphatic heterocycles. The zero-order chi connectivity index (χ0) is 22.0. The minimum absolute atomic E-state index is 0.0249. The first-order chi connectivity index (χ1) is 13.3. The van der Waals surface area contributed by atoms with E-state index in [9.17, 15) is 26.3 Å². The molecule has 0 saturated heterocycles. The van der Waals surface area contributed by atoms with Gasteiger partial charge in [0, 0.05) is 0 Å². The van der Waals surface area contributed by atoms with Gasteiger partial charge in [0.25, 0.3) is 0 Å². The smallest absolute Gasteiger partial charge is 0.166 e. The van der Waals surface area contributed by atoms with E-state index in [0.29, 0.717) is 41.5 Å². The Bertz CT molecular complexity index is 830. The number of alkyl halides is 6. The molecule has 6 heteroatoms. The van der Waals surface area contributed by atoms with Gasteiger partial charge in [-0.05, 0) is 79.0 Å².